The topological polar surface area (TPSA) is 71.5 Å². The van der Waals surface area contributed by atoms with Crippen molar-refractivity contribution in [2.24, 2.45) is 0 Å². The molecule has 2 aromatic heterocycles. The Bertz CT molecular complexity index is 913. The minimum absolute atomic E-state index is 0.0677. The number of nitrogens with zero attached hydrogens (tertiary/aromatic N) is 1. The molecule has 0 unspecified atom stereocenters. The van der Waals surface area contributed by atoms with Crippen LogP contribution in [0.5, 0.6) is 5.88 Å². The third-order valence-electron chi connectivity index (χ3n) is 3.13. The first-order chi connectivity index (χ1) is 11.0. The van der Waals surface area contributed by atoms with E-state index in [1.165, 1.54) is 13.2 Å². The summed E-state index contributed by atoms with van der Waals surface area (Å²) in [6, 6.07) is 7.91. The quantitative estimate of drug-likeness (QED) is 0.581. The van der Waals surface area contributed by atoms with E-state index in [0.717, 1.165) is 14.9 Å². The lowest BCUT2D eigenvalue weighted by molar-refractivity contribution is 0.0700. The summed E-state index contributed by atoms with van der Waals surface area (Å²) in [6.07, 6.45) is 0. The van der Waals surface area contributed by atoms with Crippen LogP contribution in [0.25, 0.3) is 10.2 Å². The Hall–Kier alpha value is -1.94. The first-order valence-electron chi connectivity index (χ1n) is 6.42. The Morgan fingerprint density at radius 3 is 2.83 bits per heavy atom. The van der Waals surface area contributed by atoms with Crippen LogP contribution < -0.4 is 10.1 Å². The predicted molar refractivity (Wildman–Crippen MR) is 95.5 cm³/mol. The number of rotatable bonds is 4. The van der Waals surface area contributed by atoms with Crippen LogP contribution in [0.15, 0.2) is 30.3 Å². The predicted octanol–water partition coefficient (Wildman–Crippen LogP) is 4.49. The molecule has 5 nitrogen and oxygen atoms in total. The van der Waals surface area contributed by atoms with Crippen LogP contribution in [-0.4, -0.2) is 23.2 Å². The molecular weight excluding hydrogens is 434 g/mol. The molecule has 2 heterocycles. The molecule has 0 aliphatic rings. The van der Waals surface area contributed by atoms with Crippen molar-refractivity contribution in [3.05, 3.63) is 45.3 Å². The van der Waals surface area contributed by atoms with Crippen LogP contribution in [0.2, 0.25) is 0 Å². The van der Waals surface area contributed by atoms with Crippen molar-refractivity contribution in [3.8, 4) is 5.88 Å². The van der Waals surface area contributed by atoms with E-state index in [0.29, 0.717) is 21.1 Å². The van der Waals surface area contributed by atoms with Crippen molar-refractivity contribution >= 4 is 60.8 Å². The molecule has 0 saturated carbocycles. The molecule has 0 saturated heterocycles. The fraction of sp³-hybridized carbons (Fsp3) is 0.0667. The highest BCUT2D eigenvalue weighted by atomic mass is 127. The van der Waals surface area contributed by atoms with Gasteiger partial charge in [-0.3, -0.25) is 0 Å². The molecule has 0 atom stereocenters. The lowest BCUT2D eigenvalue weighted by Crippen LogP contribution is -2.01. The number of fused-ring (bicyclic) bond motifs is 1. The number of hydrogen-bond donors (Lipinski definition) is 2. The minimum atomic E-state index is -1.10. The number of hydrogen-bond acceptors (Lipinski definition) is 5. The van der Waals surface area contributed by atoms with Gasteiger partial charge in [-0.25, -0.2) is 14.2 Å². The number of carboxylic acids is 1. The molecule has 0 aliphatic carbocycles. The largest absolute Gasteiger partial charge is 0.481 e. The van der Waals surface area contributed by atoms with Gasteiger partial charge in [0.05, 0.1) is 12.8 Å². The van der Waals surface area contributed by atoms with Crippen molar-refractivity contribution in [3.63, 3.8) is 0 Å². The highest BCUT2D eigenvalue weighted by Gasteiger charge is 2.20. The normalized spacial score (nSPS) is 10.7. The molecule has 1 aromatic carbocycles. The highest BCUT2D eigenvalue weighted by Crippen LogP contribution is 2.38. The summed E-state index contributed by atoms with van der Waals surface area (Å²) in [5.74, 6) is -1.16. The summed E-state index contributed by atoms with van der Waals surface area (Å²) >= 11 is 3.14. The van der Waals surface area contributed by atoms with Gasteiger partial charge in [-0.1, -0.05) is 11.3 Å². The van der Waals surface area contributed by atoms with E-state index >= 15 is 0 Å². The molecule has 0 radical (unpaired) electrons. The van der Waals surface area contributed by atoms with Crippen molar-refractivity contribution in [1.29, 1.82) is 0 Å². The third kappa shape index (κ3) is 3.08. The van der Waals surface area contributed by atoms with Crippen molar-refractivity contribution in [1.82, 2.24) is 4.98 Å². The Balaban J connectivity index is 2.12. The third-order valence-corrected chi connectivity index (χ3v) is 4.82. The number of anilines is 2. The van der Waals surface area contributed by atoms with Gasteiger partial charge in [0, 0.05) is 15.0 Å². The average Bonchev–Trinajstić information content (AvgIpc) is 2.87. The zero-order valence-corrected chi connectivity index (χ0v) is 14.7. The number of benzene rings is 1. The van der Waals surface area contributed by atoms with E-state index in [9.17, 15) is 14.3 Å². The molecule has 3 aromatic rings. The van der Waals surface area contributed by atoms with E-state index in [1.807, 2.05) is 22.6 Å². The minimum Gasteiger partial charge on any atom is -0.481 e. The first kappa shape index (κ1) is 15.9. The average molecular weight is 444 g/mol. The van der Waals surface area contributed by atoms with Gasteiger partial charge in [0.15, 0.2) is 0 Å². The summed E-state index contributed by atoms with van der Waals surface area (Å²) in [6.45, 7) is 0. The number of thiophene rings is 1. The molecule has 118 valence electrons. The second-order valence-electron chi connectivity index (χ2n) is 4.57. The molecule has 0 aliphatic heterocycles. The van der Waals surface area contributed by atoms with Gasteiger partial charge < -0.3 is 15.2 Å². The number of aromatic nitrogens is 1. The number of pyridine rings is 1. The van der Waals surface area contributed by atoms with Crippen LogP contribution >= 0.6 is 33.9 Å². The molecule has 0 bridgehead atoms. The second-order valence-corrected chi connectivity index (χ2v) is 6.81. The van der Waals surface area contributed by atoms with Crippen molar-refractivity contribution in [2.75, 3.05) is 12.4 Å². The van der Waals surface area contributed by atoms with Gasteiger partial charge in [0.1, 0.15) is 21.2 Å². The molecule has 23 heavy (non-hydrogen) atoms. The molecule has 0 fully saturated rings. The van der Waals surface area contributed by atoms with Gasteiger partial charge in [-0.15, -0.1) is 0 Å². The van der Waals surface area contributed by atoms with Crippen LogP contribution in [0.3, 0.4) is 0 Å². The lowest BCUT2D eigenvalue weighted by Gasteiger charge is -2.06. The van der Waals surface area contributed by atoms with Crippen LogP contribution in [0.4, 0.5) is 15.1 Å². The van der Waals surface area contributed by atoms with Gasteiger partial charge in [0.2, 0.25) is 5.88 Å². The first-order valence-corrected chi connectivity index (χ1v) is 8.32. The molecule has 3 rings (SSSR count). The van der Waals surface area contributed by atoms with Crippen LogP contribution in [-0.2, 0) is 0 Å². The Morgan fingerprint density at radius 2 is 2.17 bits per heavy atom. The number of ether oxygens (including phenoxy) is 1. The van der Waals surface area contributed by atoms with Gasteiger partial charge >= 0.3 is 5.97 Å². The summed E-state index contributed by atoms with van der Waals surface area (Å²) in [5.41, 5.74) is 0.282. The monoisotopic (exact) mass is 444 g/mol. The van der Waals surface area contributed by atoms with Crippen LogP contribution in [0, 0.1) is 9.39 Å². The van der Waals surface area contributed by atoms with E-state index in [1.54, 1.807) is 24.3 Å². The summed E-state index contributed by atoms with van der Waals surface area (Å²) < 4.78 is 19.8. The maximum atomic E-state index is 14.0. The van der Waals surface area contributed by atoms with E-state index in [4.69, 9.17) is 4.74 Å². The number of nitrogens with one attached hydrogen (secondary N) is 1. The number of halogens is 2. The molecular formula is C15H10FIN2O3S. The lowest BCUT2D eigenvalue weighted by atomic mass is 10.2. The SMILES string of the molecule is COc1ccc2c(C(=O)O)c(Nc3ccc(I)cc3F)sc2n1. The maximum Gasteiger partial charge on any atom is 0.339 e. The fourth-order valence-electron chi connectivity index (χ4n) is 2.09. The number of carbonyl (C=O) groups is 1. The van der Waals surface area contributed by atoms with Gasteiger partial charge in [0.25, 0.3) is 0 Å². The fourth-order valence-corrected chi connectivity index (χ4v) is 3.61. The van der Waals surface area contributed by atoms with E-state index in [2.05, 4.69) is 10.3 Å². The summed E-state index contributed by atoms with van der Waals surface area (Å²) in [5, 5.41) is 13.1. The highest BCUT2D eigenvalue weighted by molar-refractivity contribution is 14.1. The van der Waals surface area contributed by atoms with Crippen molar-refractivity contribution < 1.29 is 19.0 Å². The van der Waals surface area contributed by atoms with E-state index < -0.39 is 11.8 Å². The Labute approximate surface area is 148 Å². The van der Waals surface area contributed by atoms with Gasteiger partial charge in [-0.2, -0.15) is 0 Å². The molecule has 8 heteroatoms. The molecule has 2 N–H and O–H groups in total. The summed E-state index contributed by atoms with van der Waals surface area (Å²) in [4.78, 5) is 16.3. The Morgan fingerprint density at radius 1 is 1.39 bits per heavy atom. The second kappa shape index (κ2) is 6.28. The maximum absolute atomic E-state index is 14.0. The van der Waals surface area contributed by atoms with Crippen molar-refractivity contribution in [2.45, 2.75) is 0 Å². The smallest absolute Gasteiger partial charge is 0.339 e. The standard InChI is InChI=1S/C15H10FIN2O3S/c1-22-11-5-3-8-12(15(20)21)14(23-13(8)19-11)18-10-4-2-7(17)6-9(10)16/h2-6,18H,1H3,(H,20,21). The van der Waals surface area contributed by atoms with Crippen LogP contribution in [0.1, 0.15) is 10.4 Å². The Kier molecular flexibility index (Phi) is 4.35. The zero-order chi connectivity index (χ0) is 16.6. The number of carboxylic acid groups (broad SMARTS) is 1. The summed E-state index contributed by atoms with van der Waals surface area (Å²) in [7, 11) is 1.49. The zero-order valence-electron chi connectivity index (χ0n) is 11.8. The van der Waals surface area contributed by atoms with Gasteiger partial charge in [-0.05, 0) is 46.9 Å². The molecule has 0 amide bonds. The van der Waals surface area contributed by atoms with E-state index in [-0.39, 0.29) is 11.3 Å². The molecule has 0 spiro atoms. The number of methoxy groups -OCH3 is 1. The number of aromatic carboxylic acids is 1.